The van der Waals surface area contributed by atoms with E-state index >= 15 is 0 Å². The standard InChI is InChI=1S/C15H27F2O5P/c1-11(2)14(18)20-10-8-7-9-15(16,17)23(19,21-12(3)4)22-13(5)6/h12-13H,1,7-10H2,2-6H3. The Kier molecular flexibility index (Phi) is 9.18. The van der Waals surface area contributed by atoms with E-state index in [-0.39, 0.29) is 25.0 Å². The number of hydrogen-bond acceptors (Lipinski definition) is 5. The minimum atomic E-state index is -4.57. The van der Waals surface area contributed by atoms with Gasteiger partial charge in [-0.3, -0.25) is 4.57 Å². The summed E-state index contributed by atoms with van der Waals surface area (Å²) in [5.41, 5.74) is -3.35. The number of unbranched alkanes of at least 4 members (excludes halogenated alkanes) is 1. The number of carbonyl (C=O) groups is 1. The molecule has 0 amide bonds. The van der Waals surface area contributed by atoms with Gasteiger partial charge in [0.1, 0.15) is 0 Å². The fraction of sp³-hybridized carbons (Fsp3) is 0.800. The normalized spacial score (nSPS) is 12.7. The summed E-state index contributed by atoms with van der Waals surface area (Å²) in [5.74, 6) is -0.561. The summed E-state index contributed by atoms with van der Waals surface area (Å²) in [7, 11) is -4.57. The third-order valence-corrected chi connectivity index (χ3v) is 4.98. The van der Waals surface area contributed by atoms with Gasteiger partial charge in [0, 0.05) is 12.0 Å². The molecule has 0 aromatic heterocycles. The average Bonchev–Trinajstić information content (AvgIpc) is 2.35. The summed E-state index contributed by atoms with van der Waals surface area (Å²) in [6.07, 6.45) is -1.74. The number of hydrogen-bond donors (Lipinski definition) is 0. The molecular weight excluding hydrogens is 329 g/mol. The number of halogens is 2. The van der Waals surface area contributed by atoms with Crippen molar-refractivity contribution in [3.63, 3.8) is 0 Å². The van der Waals surface area contributed by atoms with E-state index < -0.39 is 37.9 Å². The minimum absolute atomic E-state index is 0.00213. The van der Waals surface area contributed by atoms with E-state index in [0.717, 1.165) is 0 Å². The molecule has 5 nitrogen and oxygen atoms in total. The van der Waals surface area contributed by atoms with Crippen LogP contribution in [0.1, 0.15) is 53.9 Å². The van der Waals surface area contributed by atoms with Gasteiger partial charge in [-0.2, -0.15) is 8.78 Å². The van der Waals surface area contributed by atoms with Crippen molar-refractivity contribution in [1.29, 1.82) is 0 Å². The van der Waals surface area contributed by atoms with Crippen molar-refractivity contribution in [2.24, 2.45) is 0 Å². The molecule has 0 aliphatic heterocycles. The van der Waals surface area contributed by atoms with E-state index in [0.29, 0.717) is 0 Å². The molecule has 0 fully saturated rings. The van der Waals surface area contributed by atoms with Gasteiger partial charge in [0.05, 0.1) is 18.8 Å². The van der Waals surface area contributed by atoms with Gasteiger partial charge in [0.25, 0.3) is 0 Å². The van der Waals surface area contributed by atoms with Crippen LogP contribution in [0.5, 0.6) is 0 Å². The summed E-state index contributed by atoms with van der Waals surface area (Å²) in [6.45, 7) is 11.0. The Hall–Kier alpha value is -0.780. The third-order valence-electron chi connectivity index (χ3n) is 2.55. The van der Waals surface area contributed by atoms with E-state index in [9.17, 15) is 18.1 Å². The molecule has 8 heteroatoms. The van der Waals surface area contributed by atoms with E-state index in [1.807, 2.05) is 0 Å². The van der Waals surface area contributed by atoms with Gasteiger partial charge in [0.2, 0.25) is 0 Å². The first kappa shape index (κ1) is 22.2. The maximum Gasteiger partial charge on any atom is 0.400 e. The average molecular weight is 356 g/mol. The highest BCUT2D eigenvalue weighted by atomic mass is 31.2. The molecule has 0 spiro atoms. The van der Waals surface area contributed by atoms with E-state index in [2.05, 4.69) is 6.58 Å². The molecule has 0 aliphatic carbocycles. The molecule has 0 unspecified atom stereocenters. The minimum Gasteiger partial charge on any atom is -0.462 e. The van der Waals surface area contributed by atoms with Gasteiger partial charge in [-0.05, 0) is 47.5 Å². The highest BCUT2D eigenvalue weighted by Crippen LogP contribution is 2.65. The van der Waals surface area contributed by atoms with Crippen molar-refractivity contribution >= 4 is 13.6 Å². The first-order valence-electron chi connectivity index (χ1n) is 7.58. The maximum atomic E-state index is 14.3. The Morgan fingerprint density at radius 2 is 1.61 bits per heavy atom. The summed E-state index contributed by atoms with van der Waals surface area (Å²) in [6, 6.07) is 0. The van der Waals surface area contributed by atoms with Crippen LogP contribution in [0.4, 0.5) is 8.78 Å². The molecule has 23 heavy (non-hydrogen) atoms. The second-order valence-electron chi connectivity index (χ2n) is 5.84. The first-order chi connectivity index (χ1) is 10.4. The summed E-state index contributed by atoms with van der Waals surface area (Å²) in [5, 5.41) is 0. The van der Waals surface area contributed by atoms with Crippen LogP contribution < -0.4 is 0 Å². The number of alkyl halides is 2. The molecule has 0 saturated heterocycles. The summed E-state index contributed by atoms with van der Waals surface area (Å²) < 4.78 is 55.6. The van der Waals surface area contributed by atoms with E-state index in [1.165, 1.54) is 34.6 Å². The number of rotatable bonds is 11. The Morgan fingerprint density at radius 1 is 1.13 bits per heavy atom. The Balaban J connectivity index is 4.58. The van der Waals surface area contributed by atoms with Crippen molar-refractivity contribution in [2.45, 2.75) is 71.8 Å². The van der Waals surface area contributed by atoms with Crippen molar-refractivity contribution in [3.8, 4) is 0 Å². The Bertz CT molecular complexity index is 435. The predicted molar refractivity (Wildman–Crippen MR) is 84.6 cm³/mol. The second-order valence-corrected chi connectivity index (χ2v) is 7.92. The molecule has 0 bridgehead atoms. The highest BCUT2D eigenvalue weighted by molar-refractivity contribution is 7.55. The zero-order valence-corrected chi connectivity index (χ0v) is 15.3. The molecule has 136 valence electrons. The number of carbonyl (C=O) groups excluding carboxylic acids is 1. The molecular formula is C15H27F2O5P. The highest BCUT2D eigenvalue weighted by Gasteiger charge is 2.53. The Morgan fingerprint density at radius 3 is 2.00 bits per heavy atom. The second kappa shape index (κ2) is 9.50. The molecule has 0 aromatic rings. The van der Waals surface area contributed by atoms with Crippen LogP contribution in [0.3, 0.4) is 0 Å². The molecule has 0 radical (unpaired) electrons. The van der Waals surface area contributed by atoms with Gasteiger partial charge in [0.15, 0.2) is 0 Å². The van der Waals surface area contributed by atoms with Crippen LogP contribution in [-0.4, -0.2) is 30.4 Å². The number of ether oxygens (including phenoxy) is 1. The lowest BCUT2D eigenvalue weighted by atomic mass is 10.2. The van der Waals surface area contributed by atoms with Crippen LogP contribution >= 0.6 is 7.60 Å². The quantitative estimate of drug-likeness (QED) is 0.228. The largest absolute Gasteiger partial charge is 0.462 e. The zero-order valence-electron chi connectivity index (χ0n) is 14.4. The molecule has 0 rings (SSSR count). The monoisotopic (exact) mass is 356 g/mol. The molecule has 0 N–H and O–H groups in total. The van der Waals surface area contributed by atoms with Crippen molar-refractivity contribution in [2.75, 3.05) is 6.61 Å². The van der Waals surface area contributed by atoms with Crippen LogP contribution in [0, 0.1) is 0 Å². The van der Waals surface area contributed by atoms with Crippen molar-refractivity contribution in [3.05, 3.63) is 12.2 Å². The fourth-order valence-electron chi connectivity index (χ4n) is 1.60. The molecule has 0 atom stereocenters. The molecule has 0 saturated carbocycles. The van der Waals surface area contributed by atoms with Gasteiger partial charge < -0.3 is 13.8 Å². The smallest absolute Gasteiger partial charge is 0.400 e. The zero-order chi connectivity index (χ0) is 18.3. The van der Waals surface area contributed by atoms with Crippen LogP contribution in [0.2, 0.25) is 0 Å². The third kappa shape index (κ3) is 8.04. The van der Waals surface area contributed by atoms with Gasteiger partial charge in [-0.1, -0.05) is 6.58 Å². The van der Waals surface area contributed by atoms with Gasteiger partial charge in [-0.15, -0.1) is 0 Å². The molecule has 0 aliphatic rings. The van der Waals surface area contributed by atoms with Gasteiger partial charge in [-0.25, -0.2) is 4.79 Å². The molecule has 0 aromatic carbocycles. The van der Waals surface area contributed by atoms with Crippen LogP contribution in [0.15, 0.2) is 12.2 Å². The van der Waals surface area contributed by atoms with Crippen molar-refractivity contribution in [1.82, 2.24) is 0 Å². The fourth-order valence-corrected chi connectivity index (χ4v) is 3.50. The Labute approximate surface area is 136 Å². The maximum absolute atomic E-state index is 14.3. The molecule has 0 heterocycles. The predicted octanol–water partition coefficient (Wildman–Crippen LogP) is 4.91. The number of esters is 1. The topological polar surface area (TPSA) is 61.8 Å². The van der Waals surface area contributed by atoms with E-state index in [1.54, 1.807) is 0 Å². The van der Waals surface area contributed by atoms with Crippen LogP contribution in [-0.2, 0) is 23.1 Å². The van der Waals surface area contributed by atoms with Gasteiger partial charge >= 0.3 is 19.2 Å². The summed E-state index contributed by atoms with van der Waals surface area (Å²) >= 11 is 0. The first-order valence-corrected chi connectivity index (χ1v) is 9.13. The lowest BCUT2D eigenvalue weighted by molar-refractivity contribution is -0.139. The SMILES string of the molecule is C=C(C)C(=O)OCCCCC(F)(F)P(=O)(OC(C)C)OC(C)C. The lowest BCUT2D eigenvalue weighted by Gasteiger charge is -2.29. The van der Waals surface area contributed by atoms with Crippen LogP contribution in [0.25, 0.3) is 0 Å². The summed E-state index contributed by atoms with van der Waals surface area (Å²) in [4.78, 5) is 11.2. The van der Waals surface area contributed by atoms with Crippen molar-refractivity contribution < 1.29 is 31.9 Å². The lowest BCUT2D eigenvalue weighted by Crippen LogP contribution is -2.24. The van der Waals surface area contributed by atoms with E-state index in [4.69, 9.17) is 13.8 Å².